The van der Waals surface area contributed by atoms with Crippen LogP contribution in [-0.4, -0.2) is 48.6 Å². The lowest BCUT2D eigenvalue weighted by Crippen LogP contribution is -2.48. The van der Waals surface area contributed by atoms with Crippen molar-refractivity contribution in [3.8, 4) is 0 Å². The zero-order chi connectivity index (χ0) is 14.5. The molecule has 0 radical (unpaired) electrons. The molecule has 2 N–H and O–H groups in total. The van der Waals surface area contributed by atoms with Crippen molar-refractivity contribution in [1.29, 1.82) is 0 Å². The van der Waals surface area contributed by atoms with E-state index in [2.05, 4.69) is 40.1 Å². The Hall–Kier alpha value is -0.900. The van der Waals surface area contributed by atoms with Crippen molar-refractivity contribution in [3.05, 3.63) is 35.9 Å². The number of hydrogen-bond donors (Lipinski definition) is 1. The zero-order valence-electron chi connectivity index (χ0n) is 13.1. The van der Waals surface area contributed by atoms with Gasteiger partial charge >= 0.3 is 0 Å². The second-order valence-electron chi connectivity index (χ2n) is 6.86. The maximum atomic E-state index is 6.11. The van der Waals surface area contributed by atoms with Gasteiger partial charge in [-0.15, -0.1) is 0 Å². The Balaban J connectivity index is 1.40. The quantitative estimate of drug-likeness (QED) is 0.922. The van der Waals surface area contributed by atoms with Crippen LogP contribution in [0.4, 0.5) is 0 Å². The second-order valence-corrected chi connectivity index (χ2v) is 6.86. The van der Waals surface area contributed by atoms with E-state index in [9.17, 15) is 0 Å². The smallest absolute Gasteiger partial charge is 0.0234 e. The summed E-state index contributed by atoms with van der Waals surface area (Å²) in [4.78, 5) is 5.24. The lowest BCUT2D eigenvalue weighted by Gasteiger charge is -2.38. The van der Waals surface area contributed by atoms with Gasteiger partial charge in [-0.3, -0.25) is 4.90 Å². The molecule has 0 amide bonds. The SMILES string of the molecule is NC1CCCC(CN2CCN(Cc3ccccc3)CC2)C1. The van der Waals surface area contributed by atoms with E-state index in [0.717, 1.165) is 12.5 Å². The third kappa shape index (κ3) is 4.53. The average molecular weight is 287 g/mol. The molecule has 1 aliphatic heterocycles. The highest BCUT2D eigenvalue weighted by Crippen LogP contribution is 2.24. The van der Waals surface area contributed by atoms with Gasteiger partial charge in [0.2, 0.25) is 0 Å². The summed E-state index contributed by atoms with van der Waals surface area (Å²) in [6, 6.07) is 11.3. The highest BCUT2D eigenvalue weighted by atomic mass is 15.3. The van der Waals surface area contributed by atoms with Crippen molar-refractivity contribution >= 4 is 0 Å². The molecule has 1 saturated carbocycles. The molecule has 3 heteroatoms. The third-order valence-corrected chi connectivity index (χ3v) is 5.05. The predicted octanol–water partition coefficient (Wildman–Crippen LogP) is 2.32. The Morgan fingerprint density at radius 2 is 1.67 bits per heavy atom. The van der Waals surface area contributed by atoms with Crippen LogP contribution < -0.4 is 5.73 Å². The van der Waals surface area contributed by atoms with Crippen molar-refractivity contribution in [2.45, 2.75) is 38.3 Å². The molecule has 2 unspecified atom stereocenters. The van der Waals surface area contributed by atoms with Crippen LogP contribution in [0, 0.1) is 5.92 Å². The van der Waals surface area contributed by atoms with Gasteiger partial charge in [0.05, 0.1) is 0 Å². The molecule has 1 heterocycles. The van der Waals surface area contributed by atoms with Gasteiger partial charge in [0.25, 0.3) is 0 Å². The van der Waals surface area contributed by atoms with Crippen LogP contribution >= 0.6 is 0 Å². The minimum absolute atomic E-state index is 0.461. The molecule has 1 aliphatic carbocycles. The molecule has 3 rings (SSSR count). The van der Waals surface area contributed by atoms with Crippen LogP contribution in [0.3, 0.4) is 0 Å². The van der Waals surface area contributed by atoms with Crippen molar-refractivity contribution in [2.24, 2.45) is 11.7 Å². The Bertz CT molecular complexity index is 412. The summed E-state index contributed by atoms with van der Waals surface area (Å²) < 4.78 is 0. The van der Waals surface area contributed by atoms with Gasteiger partial charge in [-0.25, -0.2) is 0 Å². The van der Waals surface area contributed by atoms with Gasteiger partial charge in [0, 0.05) is 45.3 Å². The fourth-order valence-electron chi connectivity index (χ4n) is 3.84. The number of piperazine rings is 1. The molecule has 0 aromatic heterocycles. The molecular formula is C18H29N3. The summed E-state index contributed by atoms with van der Waals surface area (Å²) >= 11 is 0. The second kappa shape index (κ2) is 7.39. The molecule has 1 aromatic rings. The van der Waals surface area contributed by atoms with Gasteiger partial charge in [0.15, 0.2) is 0 Å². The lowest BCUT2D eigenvalue weighted by atomic mass is 9.86. The van der Waals surface area contributed by atoms with E-state index in [1.54, 1.807) is 0 Å². The number of benzene rings is 1. The summed E-state index contributed by atoms with van der Waals surface area (Å²) in [5.41, 5.74) is 7.55. The van der Waals surface area contributed by atoms with Crippen LogP contribution in [-0.2, 0) is 6.54 Å². The largest absolute Gasteiger partial charge is 0.328 e. The van der Waals surface area contributed by atoms with Crippen LogP contribution in [0.5, 0.6) is 0 Å². The minimum atomic E-state index is 0.461. The molecule has 1 saturated heterocycles. The zero-order valence-corrected chi connectivity index (χ0v) is 13.1. The van der Waals surface area contributed by atoms with Crippen molar-refractivity contribution in [3.63, 3.8) is 0 Å². The Kier molecular flexibility index (Phi) is 5.28. The Labute approximate surface area is 129 Å². The van der Waals surface area contributed by atoms with E-state index in [-0.39, 0.29) is 0 Å². The van der Waals surface area contributed by atoms with E-state index in [1.807, 2.05) is 0 Å². The molecule has 2 atom stereocenters. The molecular weight excluding hydrogens is 258 g/mol. The van der Waals surface area contributed by atoms with Crippen molar-refractivity contribution < 1.29 is 0 Å². The number of nitrogens with two attached hydrogens (primary N) is 1. The van der Waals surface area contributed by atoms with E-state index < -0.39 is 0 Å². The van der Waals surface area contributed by atoms with Crippen LogP contribution in [0.2, 0.25) is 0 Å². The van der Waals surface area contributed by atoms with E-state index in [1.165, 1.54) is 64.0 Å². The monoisotopic (exact) mass is 287 g/mol. The van der Waals surface area contributed by atoms with Gasteiger partial charge in [-0.1, -0.05) is 36.8 Å². The summed E-state index contributed by atoms with van der Waals surface area (Å²) in [6.45, 7) is 7.22. The standard InChI is InChI=1S/C18H29N3/c19-18-8-4-7-17(13-18)15-21-11-9-20(10-12-21)14-16-5-2-1-3-6-16/h1-3,5-6,17-18H,4,7-15,19H2. The normalized spacial score (nSPS) is 28.6. The van der Waals surface area contributed by atoms with E-state index in [4.69, 9.17) is 5.73 Å². The summed E-state index contributed by atoms with van der Waals surface area (Å²) in [5.74, 6) is 0.842. The van der Waals surface area contributed by atoms with Gasteiger partial charge in [-0.2, -0.15) is 0 Å². The fraction of sp³-hybridized carbons (Fsp3) is 0.667. The topological polar surface area (TPSA) is 32.5 Å². The van der Waals surface area contributed by atoms with E-state index in [0.29, 0.717) is 6.04 Å². The lowest BCUT2D eigenvalue weighted by molar-refractivity contribution is 0.103. The van der Waals surface area contributed by atoms with E-state index >= 15 is 0 Å². The third-order valence-electron chi connectivity index (χ3n) is 5.05. The van der Waals surface area contributed by atoms with Gasteiger partial charge in [0.1, 0.15) is 0 Å². The first kappa shape index (κ1) is 15.0. The molecule has 1 aromatic carbocycles. The number of hydrogen-bond acceptors (Lipinski definition) is 3. The maximum Gasteiger partial charge on any atom is 0.0234 e. The first-order valence-corrected chi connectivity index (χ1v) is 8.54. The molecule has 0 bridgehead atoms. The highest BCUT2D eigenvalue weighted by Gasteiger charge is 2.23. The molecule has 116 valence electrons. The summed E-state index contributed by atoms with van der Waals surface area (Å²) in [6.07, 6.45) is 5.20. The molecule has 0 spiro atoms. The first-order chi connectivity index (χ1) is 10.3. The molecule has 21 heavy (non-hydrogen) atoms. The van der Waals surface area contributed by atoms with Crippen LogP contribution in [0.15, 0.2) is 30.3 Å². The van der Waals surface area contributed by atoms with Gasteiger partial charge < -0.3 is 10.6 Å². The minimum Gasteiger partial charge on any atom is -0.328 e. The van der Waals surface area contributed by atoms with Crippen molar-refractivity contribution in [2.75, 3.05) is 32.7 Å². The van der Waals surface area contributed by atoms with Crippen LogP contribution in [0.1, 0.15) is 31.2 Å². The predicted molar refractivity (Wildman–Crippen MR) is 88.1 cm³/mol. The first-order valence-electron chi connectivity index (χ1n) is 8.54. The fourth-order valence-corrected chi connectivity index (χ4v) is 3.84. The highest BCUT2D eigenvalue weighted by molar-refractivity contribution is 5.14. The average Bonchev–Trinajstić information content (AvgIpc) is 2.50. The number of rotatable bonds is 4. The van der Waals surface area contributed by atoms with Gasteiger partial charge in [-0.05, 0) is 30.7 Å². The number of nitrogens with zero attached hydrogens (tertiary/aromatic N) is 2. The Morgan fingerprint density at radius 3 is 2.38 bits per heavy atom. The summed E-state index contributed by atoms with van der Waals surface area (Å²) in [5, 5.41) is 0. The molecule has 2 fully saturated rings. The molecule has 3 nitrogen and oxygen atoms in total. The van der Waals surface area contributed by atoms with Crippen LogP contribution in [0.25, 0.3) is 0 Å². The maximum absolute atomic E-state index is 6.11. The Morgan fingerprint density at radius 1 is 0.952 bits per heavy atom. The molecule has 2 aliphatic rings. The van der Waals surface area contributed by atoms with Crippen molar-refractivity contribution in [1.82, 2.24) is 9.80 Å². The summed E-state index contributed by atoms with van der Waals surface area (Å²) in [7, 11) is 0.